The van der Waals surface area contributed by atoms with E-state index in [9.17, 15) is 0 Å². The zero-order valence-corrected chi connectivity index (χ0v) is 8.45. The molecule has 0 bridgehead atoms. The van der Waals surface area contributed by atoms with Crippen LogP contribution in [0.2, 0.25) is 0 Å². The van der Waals surface area contributed by atoms with Crippen LogP contribution in [0.5, 0.6) is 0 Å². The zero-order valence-electron chi connectivity index (χ0n) is 8.45. The van der Waals surface area contributed by atoms with Crippen molar-refractivity contribution in [3.63, 3.8) is 0 Å². The fourth-order valence-corrected chi connectivity index (χ4v) is 1.91. The minimum atomic E-state index is 0.785. The maximum absolute atomic E-state index is 8.80. The van der Waals surface area contributed by atoms with Crippen LogP contribution in [0.4, 0.5) is 0 Å². The van der Waals surface area contributed by atoms with Gasteiger partial charge in [-0.15, -0.1) is 0 Å². The Balaban J connectivity index is 2.33. The zero-order chi connectivity index (χ0) is 9.97. The first-order valence-corrected chi connectivity index (χ1v) is 5.00. The van der Waals surface area contributed by atoms with Gasteiger partial charge < -0.3 is 4.90 Å². The Hall–Kier alpha value is -1.33. The van der Waals surface area contributed by atoms with Gasteiger partial charge in [0.05, 0.1) is 11.6 Å². The molecule has 0 fully saturated rings. The number of rotatable bonds is 0. The molecular formula is C12H14N2. The molecule has 1 aromatic rings. The van der Waals surface area contributed by atoms with Gasteiger partial charge in [0, 0.05) is 13.1 Å². The minimum absolute atomic E-state index is 0.785. The molecule has 1 aromatic carbocycles. The van der Waals surface area contributed by atoms with Crippen LogP contribution >= 0.6 is 0 Å². The second kappa shape index (κ2) is 3.81. The molecule has 0 saturated carbocycles. The molecule has 0 unspecified atom stereocenters. The Morgan fingerprint density at radius 2 is 1.93 bits per heavy atom. The van der Waals surface area contributed by atoms with E-state index in [0.717, 1.165) is 31.5 Å². The summed E-state index contributed by atoms with van der Waals surface area (Å²) in [5.41, 5.74) is 3.55. The van der Waals surface area contributed by atoms with Gasteiger partial charge in [-0.25, -0.2) is 0 Å². The molecule has 72 valence electrons. The van der Waals surface area contributed by atoms with Crippen LogP contribution in [0.1, 0.15) is 16.7 Å². The molecule has 0 atom stereocenters. The summed E-state index contributed by atoms with van der Waals surface area (Å²) in [5, 5.41) is 8.80. The van der Waals surface area contributed by atoms with Crippen molar-refractivity contribution in [3.8, 4) is 6.07 Å². The van der Waals surface area contributed by atoms with Crippen LogP contribution in [-0.4, -0.2) is 25.0 Å². The largest absolute Gasteiger partial charge is 0.306 e. The number of hydrogen-bond donors (Lipinski definition) is 0. The van der Waals surface area contributed by atoms with Gasteiger partial charge in [0.25, 0.3) is 0 Å². The van der Waals surface area contributed by atoms with E-state index >= 15 is 0 Å². The monoisotopic (exact) mass is 186 g/mol. The van der Waals surface area contributed by atoms with Gasteiger partial charge in [-0.2, -0.15) is 5.26 Å². The number of hydrogen-bond acceptors (Lipinski definition) is 2. The Labute approximate surface area is 84.8 Å². The minimum Gasteiger partial charge on any atom is -0.306 e. The molecule has 1 heterocycles. The van der Waals surface area contributed by atoms with E-state index in [1.54, 1.807) is 0 Å². The molecular weight excluding hydrogens is 172 g/mol. The lowest BCUT2D eigenvalue weighted by atomic mass is 10.0. The maximum atomic E-state index is 8.80. The van der Waals surface area contributed by atoms with Crippen LogP contribution in [0.15, 0.2) is 18.2 Å². The van der Waals surface area contributed by atoms with Gasteiger partial charge in [-0.1, -0.05) is 6.07 Å². The molecule has 2 nitrogen and oxygen atoms in total. The lowest BCUT2D eigenvalue weighted by Crippen LogP contribution is -2.20. The first-order valence-electron chi connectivity index (χ1n) is 5.00. The number of likely N-dealkylation sites (N-methyl/N-ethyl adjacent to an activating group) is 1. The normalized spacial score (nSPS) is 16.9. The van der Waals surface area contributed by atoms with E-state index in [-0.39, 0.29) is 0 Å². The van der Waals surface area contributed by atoms with Crippen molar-refractivity contribution in [3.05, 3.63) is 34.9 Å². The van der Waals surface area contributed by atoms with E-state index in [4.69, 9.17) is 5.26 Å². The SMILES string of the molecule is CN1CCc2ccc(C#N)cc2CC1. The summed E-state index contributed by atoms with van der Waals surface area (Å²) in [6, 6.07) is 8.26. The third kappa shape index (κ3) is 1.78. The lowest BCUT2D eigenvalue weighted by Gasteiger charge is -2.10. The molecule has 1 aliphatic heterocycles. The summed E-state index contributed by atoms with van der Waals surface area (Å²) >= 11 is 0. The number of benzene rings is 1. The molecule has 0 N–H and O–H groups in total. The van der Waals surface area contributed by atoms with Crippen LogP contribution in [0.25, 0.3) is 0 Å². The van der Waals surface area contributed by atoms with E-state index in [0.29, 0.717) is 0 Å². The summed E-state index contributed by atoms with van der Waals surface area (Å²) in [6.45, 7) is 2.22. The molecule has 0 spiro atoms. The van der Waals surface area contributed by atoms with E-state index < -0.39 is 0 Å². The first kappa shape index (κ1) is 9.23. The van der Waals surface area contributed by atoms with E-state index in [1.807, 2.05) is 12.1 Å². The topological polar surface area (TPSA) is 27.0 Å². The molecule has 0 radical (unpaired) electrons. The lowest BCUT2D eigenvalue weighted by molar-refractivity contribution is 0.352. The quantitative estimate of drug-likeness (QED) is 0.615. The van der Waals surface area contributed by atoms with Crippen molar-refractivity contribution < 1.29 is 0 Å². The second-order valence-electron chi connectivity index (χ2n) is 3.90. The fraction of sp³-hybridized carbons (Fsp3) is 0.417. The van der Waals surface area contributed by atoms with Crippen LogP contribution in [0, 0.1) is 11.3 Å². The van der Waals surface area contributed by atoms with Crippen molar-refractivity contribution in [2.45, 2.75) is 12.8 Å². The van der Waals surface area contributed by atoms with Gasteiger partial charge in [-0.3, -0.25) is 0 Å². The summed E-state index contributed by atoms with van der Waals surface area (Å²) < 4.78 is 0. The van der Waals surface area contributed by atoms with Crippen LogP contribution in [-0.2, 0) is 12.8 Å². The Morgan fingerprint density at radius 3 is 2.64 bits per heavy atom. The number of nitriles is 1. The number of nitrogens with zero attached hydrogens (tertiary/aromatic N) is 2. The predicted octanol–water partition coefficient (Wildman–Crippen LogP) is 1.59. The van der Waals surface area contributed by atoms with E-state index in [1.165, 1.54) is 11.1 Å². The first-order chi connectivity index (χ1) is 6.79. The Morgan fingerprint density at radius 1 is 1.21 bits per heavy atom. The van der Waals surface area contributed by atoms with Crippen LogP contribution in [0.3, 0.4) is 0 Å². The molecule has 1 aliphatic rings. The third-order valence-electron chi connectivity index (χ3n) is 2.86. The Bertz CT molecular complexity index is 376. The molecule has 2 heteroatoms. The molecule has 0 amide bonds. The molecule has 0 aliphatic carbocycles. The highest BCUT2D eigenvalue weighted by Crippen LogP contribution is 2.16. The van der Waals surface area contributed by atoms with E-state index in [2.05, 4.69) is 24.1 Å². The Kier molecular flexibility index (Phi) is 2.51. The van der Waals surface area contributed by atoms with Crippen LogP contribution < -0.4 is 0 Å². The molecule has 0 aromatic heterocycles. The highest BCUT2D eigenvalue weighted by Gasteiger charge is 2.10. The molecule has 2 rings (SSSR count). The maximum Gasteiger partial charge on any atom is 0.0991 e. The van der Waals surface area contributed by atoms with Crippen molar-refractivity contribution in [2.75, 3.05) is 20.1 Å². The molecule has 0 saturated heterocycles. The average molecular weight is 186 g/mol. The van der Waals surface area contributed by atoms with Gasteiger partial charge in [0.15, 0.2) is 0 Å². The van der Waals surface area contributed by atoms with Gasteiger partial charge in [0.1, 0.15) is 0 Å². The van der Waals surface area contributed by atoms with Crippen molar-refractivity contribution in [1.29, 1.82) is 5.26 Å². The van der Waals surface area contributed by atoms with Crippen molar-refractivity contribution in [1.82, 2.24) is 4.90 Å². The predicted molar refractivity (Wildman–Crippen MR) is 56.1 cm³/mol. The highest BCUT2D eigenvalue weighted by molar-refractivity contribution is 5.39. The van der Waals surface area contributed by atoms with Crippen molar-refractivity contribution in [2.24, 2.45) is 0 Å². The summed E-state index contributed by atoms with van der Waals surface area (Å²) in [5.74, 6) is 0. The van der Waals surface area contributed by atoms with Gasteiger partial charge in [0.2, 0.25) is 0 Å². The smallest absolute Gasteiger partial charge is 0.0991 e. The van der Waals surface area contributed by atoms with Gasteiger partial charge >= 0.3 is 0 Å². The second-order valence-corrected chi connectivity index (χ2v) is 3.90. The standard InChI is InChI=1S/C12H14N2/c1-14-6-4-11-3-2-10(9-13)8-12(11)5-7-14/h2-3,8H,4-7H2,1H3. The number of fused-ring (bicyclic) bond motifs is 1. The summed E-state index contributed by atoms with van der Waals surface area (Å²) in [4.78, 5) is 2.34. The van der Waals surface area contributed by atoms with Crippen molar-refractivity contribution >= 4 is 0 Å². The third-order valence-corrected chi connectivity index (χ3v) is 2.86. The summed E-state index contributed by atoms with van der Waals surface area (Å²) in [6.07, 6.45) is 2.18. The highest BCUT2D eigenvalue weighted by atomic mass is 15.1. The fourth-order valence-electron chi connectivity index (χ4n) is 1.91. The average Bonchev–Trinajstić information content (AvgIpc) is 2.40. The van der Waals surface area contributed by atoms with Gasteiger partial charge in [-0.05, 0) is 43.1 Å². The summed E-state index contributed by atoms with van der Waals surface area (Å²) in [7, 11) is 2.15. The molecule has 14 heavy (non-hydrogen) atoms.